The van der Waals surface area contributed by atoms with Crippen LogP contribution in [0.2, 0.25) is 0 Å². The molecular weight excluding hydrogens is 265 g/mol. The Hall–Kier alpha value is -2.77. The molecule has 2 N–H and O–H groups in total. The molecule has 0 atom stereocenters. The molecule has 0 unspecified atom stereocenters. The van der Waals surface area contributed by atoms with Crippen LogP contribution in [0, 0.1) is 15.9 Å². The van der Waals surface area contributed by atoms with Crippen molar-refractivity contribution in [3.63, 3.8) is 0 Å². The van der Waals surface area contributed by atoms with Gasteiger partial charge in [0.2, 0.25) is 11.6 Å². The molecule has 0 saturated heterocycles. The van der Waals surface area contributed by atoms with Crippen molar-refractivity contribution in [1.29, 1.82) is 0 Å². The summed E-state index contributed by atoms with van der Waals surface area (Å²) in [5.74, 6) is -0.629. The Labute approximate surface area is 114 Å². The molecule has 0 amide bonds. The molecule has 1 heterocycles. The van der Waals surface area contributed by atoms with E-state index in [1.54, 1.807) is 13.0 Å². The van der Waals surface area contributed by atoms with Gasteiger partial charge >= 0.3 is 5.69 Å². The number of hydrogen-bond acceptors (Lipinski definition) is 6. The van der Waals surface area contributed by atoms with Gasteiger partial charge in [-0.3, -0.25) is 10.1 Å². The molecule has 0 bridgehead atoms. The number of halogens is 1. The van der Waals surface area contributed by atoms with Crippen molar-refractivity contribution < 1.29 is 9.31 Å². The molecule has 0 aliphatic rings. The zero-order valence-corrected chi connectivity index (χ0v) is 10.7. The first-order valence-corrected chi connectivity index (χ1v) is 5.82. The summed E-state index contributed by atoms with van der Waals surface area (Å²) in [7, 11) is 0. The molecule has 1 aromatic heterocycles. The fourth-order valence-corrected chi connectivity index (χ4v) is 1.85. The van der Waals surface area contributed by atoms with Gasteiger partial charge < -0.3 is 10.6 Å². The number of benzene rings is 1. The number of anilines is 3. The Morgan fingerprint density at radius 3 is 2.80 bits per heavy atom. The van der Waals surface area contributed by atoms with E-state index < -0.39 is 16.4 Å². The molecule has 1 aromatic carbocycles. The van der Waals surface area contributed by atoms with E-state index in [1.165, 1.54) is 23.1 Å². The molecule has 0 fully saturated rings. The number of rotatable bonds is 4. The number of nitrogens with zero attached hydrogens (tertiary/aromatic N) is 4. The number of nitro groups is 1. The lowest BCUT2D eigenvalue weighted by Crippen LogP contribution is -2.20. The molecule has 2 aromatic rings. The second kappa shape index (κ2) is 5.47. The highest BCUT2D eigenvalue weighted by Crippen LogP contribution is 2.34. The van der Waals surface area contributed by atoms with Crippen LogP contribution in [-0.2, 0) is 0 Å². The second-order valence-electron chi connectivity index (χ2n) is 3.91. The Balaban J connectivity index is 2.58. The van der Waals surface area contributed by atoms with E-state index in [-0.39, 0.29) is 11.6 Å². The van der Waals surface area contributed by atoms with Crippen LogP contribution in [0.4, 0.5) is 27.4 Å². The van der Waals surface area contributed by atoms with Crippen molar-refractivity contribution >= 4 is 23.0 Å². The molecule has 104 valence electrons. The molecule has 0 aliphatic carbocycles. The van der Waals surface area contributed by atoms with E-state index in [4.69, 9.17) is 5.73 Å². The zero-order chi connectivity index (χ0) is 14.7. The lowest BCUT2D eigenvalue weighted by Gasteiger charge is -2.21. The molecule has 0 spiro atoms. The van der Waals surface area contributed by atoms with Gasteiger partial charge in [0.05, 0.1) is 4.92 Å². The van der Waals surface area contributed by atoms with Crippen molar-refractivity contribution in [2.45, 2.75) is 6.92 Å². The number of nitrogens with two attached hydrogens (primary N) is 1. The van der Waals surface area contributed by atoms with Crippen molar-refractivity contribution in [3.05, 3.63) is 46.5 Å². The van der Waals surface area contributed by atoms with Crippen LogP contribution >= 0.6 is 0 Å². The molecule has 0 radical (unpaired) electrons. The number of hydrogen-bond donors (Lipinski definition) is 1. The molecule has 0 aliphatic heterocycles. The molecule has 7 nitrogen and oxygen atoms in total. The first-order chi connectivity index (χ1) is 9.54. The lowest BCUT2D eigenvalue weighted by atomic mass is 10.2. The third kappa shape index (κ3) is 2.48. The predicted molar refractivity (Wildman–Crippen MR) is 72.2 cm³/mol. The van der Waals surface area contributed by atoms with Gasteiger partial charge in [-0.05, 0) is 25.1 Å². The summed E-state index contributed by atoms with van der Waals surface area (Å²) < 4.78 is 13.3. The van der Waals surface area contributed by atoms with Gasteiger partial charge in [0, 0.05) is 12.2 Å². The predicted octanol–water partition coefficient (Wildman–Crippen LogP) is 2.26. The van der Waals surface area contributed by atoms with Gasteiger partial charge in [-0.2, -0.15) is 0 Å². The van der Waals surface area contributed by atoms with E-state index in [1.807, 2.05) is 0 Å². The first kappa shape index (κ1) is 13.7. The van der Waals surface area contributed by atoms with Crippen LogP contribution < -0.4 is 10.6 Å². The lowest BCUT2D eigenvalue weighted by molar-refractivity contribution is -0.383. The molecule has 8 heteroatoms. The van der Waals surface area contributed by atoms with Crippen LogP contribution in [-0.4, -0.2) is 21.4 Å². The normalized spacial score (nSPS) is 10.3. The van der Waals surface area contributed by atoms with E-state index >= 15 is 0 Å². The first-order valence-electron chi connectivity index (χ1n) is 5.82. The highest BCUT2D eigenvalue weighted by atomic mass is 19.1. The van der Waals surface area contributed by atoms with Crippen molar-refractivity contribution in [3.8, 4) is 0 Å². The number of nitrogen functional groups attached to an aromatic ring is 1. The molecular formula is C12H12FN5O2. The van der Waals surface area contributed by atoms with Crippen LogP contribution in [0.1, 0.15) is 6.92 Å². The average molecular weight is 277 g/mol. The van der Waals surface area contributed by atoms with Crippen molar-refractivity contribution in [1.82, 2.24) is 9.97 Å². The number of aromatic nitrogens is 2. The van der Waals surface area contributed by atoms with Gasteiger partial charge in [-0.1, -0.05) is 6.07 Å². The SMILES string of the molecule is CCN(c1cccc(F)c1)c1ncnc(N)c1[N+](=O)[O-]. The van der Waals surface area contributed by atoms with Crippen LogP contribution in [0.3, 0.4) is 0 Å². The second-order valence-corrected chi connectivity index (χ2v) is 3.91. The van der Waals surface area contributed by atoms with Gasteiger partial charge in [0.1, 0.15) is 12.1 Å². The molecule has 0 saturated carbocycles. The van der Waals surface area contributed by atoms with E-state index in [0.717, 1.165) is 6.33 Å². The van der Waals surface area contributed by atoms with E-state index in [2.05, 4.69) is 9.97 Å². The Bertz CT molecular complexity index is 649. The maximum absolute atomic E-state index is 13.3. The molecule has 20 heavy (non-hydrogen) atoms. The van der Waals surface area contributed by atoms with Gasteiger partial charge in [-0.25, -0.2) is 14.4 Å². The van der Waals surface area contributed by atoms with Crippen molar-refractivity contribution in [2.75, 3.05) is 17.2 Å². The maximum atomic E-state index is 13.3. The minimum Gasteiger partial charge on any atom is -0.378 e. The van der Waals surface area contributed by atoms with E-state index in [0.29, 0.717) is 12.2 Å². The Kier molecular flexibility index (Phi) is 3.74. The minimum atomic E-state index is -0.646. The monoisotopic (exact) mass is 277 g/mol. The highest BCUT2D eigenvalue weighted by Gasteiger charge is 2.25. The summed E-state index contributed by atoms with van der Waals surface area (Å²) in [5, 5.41) is 11.1. The third-order valence-electron chi connectivity index (χ3n) is 2.71. The Morgan fingerprint density at radius 2 is 2.20 bits per heavy atom. The van der Waals surface area contributed by atoms with Gasteiger partial charge in [-0.15, -0.1) is 0 Å². The summed E-state index contributed by atoms with van der Waals surface area (Å²) in [4.78, 5) is 19.5. The summed E-state index contributed by atoms with van der Waals surface area (Å²) >= 11 is 0. The zero-order valence-electron chi connectivity index (χ0n) is 10.7. The summed E-state index contributed by atoms with van der Waals surface area (Å²) in [6, 6.07) is 5.71. The molecule has 2 rings (SSSR count). The quantitative estimate of drug-likeness (QED) is 0.680. The van der Waals surface area contributed by atoms with Crippen LogP contribution in [0.25, 0.3) is 0 Å². The topological polar surface area (TPSA) is 98.2 Å². The summed E-state index contributed by atoms with van der Waals surface area (Å²) in [5.41, 5.74) is 5.59. The average Bonchev–Trinajstić information content (AvgIpc) is 2.39. The van der Waals surface area contributed by atoms with Gasteiger partial charge in [0.15, 0.2) is 0 Å². The summed E-state index contributed by atoms with van der Waals surface area (Å²) in [6.45, 7) is 2.13. The summed E-state index contributed by atoms with van der Waals surface area (Å²) in [6.07, 6.45) is 1.14. The van der Waals surface area contributed by atoms with Gasteiger partial charge in [0.25, 0.3) is 0 Å². The van der Waals surface area contributed by atoms with E-state index in [9.17, 15) is 14.5 Å². The van der Waals surface area contributed by atoms with Crippen molar-refractivity contribution in [2.24, 2.45) is 0 Å². The smallest absolute Gasteiger partial charge is 0.353 e. The standard InChI is InChI=1S/C12H12FN5O2/c1-2-17(9-5-3-4-8(13)6-9)12-10(18(19)20)11(14)15-7-16-12/h3-7H,2H2,1H3,(H2,14,15,16). The van der Waals surface area contributed by atoms with Crippen LogP contribution in [0.15, 0.2) is 30.6 Å². The Morgan fingerprint density at radius 1 is 1.45 bits per heavy atom. The fraction of sp³-hybridized carbons (Fsp3) is 0.167. The highest BCUT2D eigenvalue weighted by molar-refractivity contribution is 5.74. The minimum absolute atomic E-state index is 0.0376. The third-order valence-corrected chi connectivity index (χ3v) is 2.71. The fourth-order valence-electron chi connectivity index (χ4n) is 1.85. The largest absolute Gasteiger partial charge is 0.378 e. The van der Waals surface area contributed by atoms with Crippen LogP contribution in [0.5, 0.6) is 0 Å². The maximum Gasteiger partial charge on any atom is 0.353 e.